The molecular formula is C6H4Cl2FNO2S. The van der Waals surface area contributed by atoms with Crippen LogP contribution in [-0.2, 0) is 16.0 Å². The number of halogens is 3. The molecule has 1 rings (SSSR count). The lowest BCUT2D eigenvalue weighted by molar-refractivity contribution is 0.551. The Morgan fingerprint density at radius 1 is 1.46 bits per heavy atom. The Labute approximate surface area is 84.7 Å². The van der Waals surface area contributed by atoms with Gasteiger partial charge in [-0.15, -0.1) is 3.89 Å². The van der Waals surface area contributed by atoms with E-state index in [1.54, 1.807) is 0 Å². The van der Waals surface area contributed by atoms with E-state index in [-0.39, 0.29) is 15.7 Å². The first kappa shape index (κ1) is 10.7. The molecule has 0 N–H and O–H groups in total. The summed E-state index contributed by atoms with van der Waals surface area (Å²) in [6.07, 6.45) is 1.16. The van der Waals surface area contributed by atoms with Gasteiger partial charge in [-0.2, -0.15) is 8.42 Å². The lowest BCUT2D eigenvalue weighted by Gasteiger charge is -1.98. The fourth-order valence-electron chi connectivity index (χ4n) is 0.739. The Morgan fingerprint density at radius 2 is 2.08 bits per heavy atom. The first-order valence-corrected chi connectivity index (χ1v) is 5.41. The van der Waals surface area contributed by atoms with Gasteiger partial charge in [-0.1, -0.05) is 23.2 Å². The molecule has 0 amide bonds. The molecule has 0 atom stereocenters. The Kier molecular flexibility index (Phi) is 3.10. The maximum Gasteiger partial charge on any atom is 0.306 e. The van der Waals surface area contributed by atoms with Gasteiger partial charge in [-0.25, -0.2) is 4.98 Å². The van der Waals surface area contributed by atoms with Crippen LogP contribution < -0.4 is 0 Å². The summed E-state index contributed by atoms with van der Waals surface area (Å²) in [5.41, 5.74) is 0.164. The number of rotatable bonds is 2. The SMILES string of the molecule is O=S(=O)(F)Cc1cnc(Cl)c(Cl)c1. The summed E-state index contributed by atoms with van der Waals surface area (Å²) >= 11 is 11.0. The van der Waals surface area contributed by atoms with Crippen LogP contribution in [0, 0.1) is 0 Å². The standard InChI is InChI=1S/C6H4Cl2FNO2S/c7-5-1-4(2-10-6(5)8)3-13(9,11)12/h1-2H,3H2. The first-order chi connectivity index (χ1) is 5.88. The molecule has 0 unspecified atom stereocenters. The second kappa shape index (κ2) is 3.77. The molecule has 1 aromatic rings. The van der Waals surface area contributed by atoms with Crippen LogP contribution in [0.2, 0.25) is 10.2 Å². The summed E-state index contributed by atoms with van der Waals surface area (Å²) in [6, 6.07) is 1.26. The van der Waals surface area contributed by atoms with Crippen molar-refractivity contribution >= 4 is 33.4 Å². The minimum absolute atomic E-state index is 0.0571. The van der Waals surface area contributed by atoms with Gasteiger partial charge in [-0.3, -0.25) is 0 Å². The monoisotopic (exact) mass is 243 g/mol. The van der Waals surface area contributed by atoms with E-state index in [1.165, 1.54) is 6.07 Å². The average Bonchev–Trinajstić information content (AvgIpc) is 1.94. The predicted molar refractivity (Wildman–Crippen MR) is 48.0 cm³/mol. The van der Waals surface area contributed by atoms with Gasteiger partial charge in [0, 0.05) is 6.20 Å². The van der Waals surface area contributed by atoms with Crippen molar-refractivity contribution in [2.75, 3.05) is 0 Å². The van der Waals surface area contributed by atoms with Crippen LogP contribution in [0.15, 0.2) is 12.3 Å². The molecule has 0 aliphatic carbocycles. The van der Waals surface area contributed by atoms with Crippen molar-refractivity contribution in [1.29, 1.82) is 0 Å². The van der Waals surface area contributed by atoms with Crippen LogP contribution in [0.3, 0.4) is 0 Å². The maximum atomic E-state index is 12.2. The third-order valence-electron chi connectivity index (χ3n) is 1.19. The van der Waals surface area contributed by atoms with Crippen molar-refractivity contribution in [1.82, 2.24) is 4.98 Å². The Morgan fingerprint density at radius 3 is 2.54 bits per heavy atom. The molecule has 0 saturated carbocycles. The summed E-state index contributed by atoms with van der Waals surface area (Å²) in [5, 5.41) is 0.157. The number of hydrogen-bond donors (Lipinski definition) is 0. The number of aromatic nitrogens is 1. The quantitative estimate of drug-likeness (QED) is 0.591. The van der Waals surface area contributed by atoms with E-state index in [1.807, 2.05) is 0 Å². The summed E-state index contributed by atoms with van der Waals surface area (Å²) in [5.74, 6) is -0.739. The highest BCUT2D eigenvalue weighted by molar-refractivity contribution is 7.85. The highest BCUT2D eigenvalue weighted by Crippen LogP contribution is 2.20. The molecule has 3 nitrogen and oxygen atoms in total. The van der Waals surface area contributed by atoms with E-state index in [0.717, 1.165) is 6.20 Å². The zero-order chi connectivity index (χ0) is 10.1. The number of nitrogens with zero attached hydrogens (tertiary/aromatic N) is 1. The molecular weight excluding hydrogens is 240 g/mol. The lowest BCUT2D eigenvalue weighted by atomic mass is 10.3. The molecule has 1 aromatic heterocycles. The minimum Gasteiger partial charge on any atom is -0.243 e. The average molecular weight is 244 g/mol. The van der Waals surface area contributed by atoms with Gasteiger partial charge in [-0.05, 0) is 11.6 Å². The fraction of sp³-hybridized carbons (Fsp3) is 0.167. The van der Waals surface area contributed by atoms with Crippen LogP contribution in [0.5, 0.6) is 0 Å². The van der Waals surface area contributed by atoms with Crippen LogP contribution >= 0.6 is 23.2 Å². The molecule has 0 aliphatic rings. The maximum absolute atomic E-state index is 12.2. The number of pyridine rings is 1. The molecule has 0 aliphatic heterocycles. The Hall–Kier alpha value is -0.390. The summed E-state index contributed by atoms with van der Waals surface area (Å²) in [6.45, 7) is 0. The molecule has 0 saturated heterocycles. The third kappa shape index (κ3) is 3.46. The third-order valence-corrected chi connectivity index (χ3v) is 2.56. The van der Waals surface area contributed by atoms with Crippen molar-refractivity contribution < 1.29 is 12.3 Å². The molecule has 0 aromatic carbocycles. The highest BCUT2D eigenvalue weighted by Gasteiger charge is 2.10. The Bertz CT molecular complexity index is 421. The highest BCUT2D eigenvalue weighted by atomic mass is 35.5. The van der Waals surface area contributed by atoms with E-state index in [9.17, 15) is 12.3 Å². The van der Waals surface area contributed by atoms with Crippen molar-refractivity contribution in [3.05, 3.63) is 28.0 Å². The predicted octanol–water partition coefficient (Wildman–Crippen LogP) is 2.19. The van der Waals surface area contributed by atoms with E-state index >= 15 is 0 Å². The lowest BCUT2D eigenvalue weighted by Crippen LogP contribution is -1.96. The minimum atomic E-state index is -4.55. The molecule has 1 heterocycles. The van der Waals surface area contributed by atoms with Gasteiger partial charge in [0.1, 0.15) is 10.9 Å². The van der Waals surface area contributed by atoms with Gasteiger partial charge in [0.05, 0.1) is 5.02 Å². The van der Waals surface area contributed by atoms with Crippen LogP contribution in [0.4, 0.5) is 3.89 Å². The summed E-state index contributed by atoms with van der Waals surface area (Å²) in [4.78, 5) is 3.57. The van der Waals surface area contributed by atoms with E-state index in [4.69, 9.17) is 23.2 Å². The topological polar surface area (TPSA) is 47.0 Å². The largest absolute Gasteiger partial charge is 0.306 e. The molecule has 0 fully saturated rings. The van der Waals surface area contributed by atoms with Gasteiger partial charge >= 0.3 is 10.2 Å². The van der Waals surface area contributed by atoms with Gasteiger partial charge in [0.25, 0.3) is 0 Å². The van der Waals surface area contributed by atoms with Crippen molar-refractivity contribution in [2.24, 2.45) is 0 Å². The normalized spacial score (nSPS) is 11.6. The van der Waals surface area contributed by atoms with Crippen molar-refractivity contribution in [3.8, 4) is 0 Å². The molecule has 0 radical (unpaired) electrons. The van der Waals surface area contributed by atoms with Gasteiger partial charge in [0.15, 0.2) is 0 Å². The summed E-state index contributed by atoms with van der Waals surface area (Å²) in [7, 11) is -4.55. The summed E-state index contributed by atoms with van der Waals surface area (Å²) < 4.78 is 32.6. The first-order valence-electron chi connectivity index (χ1n) is 3.11. The molecule has 7 heteroatoms. The Balaban J connectivity index is 2.99. The smallest absolute Gasteiger partial charge is 0.243 e. The van der Waals surface area contributed by atoms with Gasteiger partial charge < -0.3 is 0 Å². The van der Waals surface area contributed by atoms with E-state index in [0.29, 0.717) is 0 Å². The fourth-order valence-corrected chi connectivity index (χ4v) is 1.59. The molecule has 0 bridgehead atoms. The van der Waals surface area contributed by atoms with E-state index < -0.39 is 16.0 Å². The molecule has 13 heavy (non-hydrogen) atoms. The molecule has 72 valence electrons. The second-order valence-corrected chi connectivity index (χ2v) is 4.43. The van der Waals surface area contributed by atoms with Crippen LogP contribution in [-0.4, -0.2) is 13.4 Å². The van der Waals surface area contributed by atoms with Crippen LogP contribution in [0.1, 0.15) is 5.56 Å². The van der Waals surface area contributed by atoms with Crippen molar-refractivity contribution in [3.63, 3.8) is 0 Å². The molecule has 0 spiro atoms. The zero-order valence-corrected chi connectivity index (χ0v) is 8.50. The van der Waals surface area contributed by atoms with E-state index in [2.05, 4.69) is 4.98 Å². The second-order valence-electron chi connectivity index (χ2n) is 2.30. The van der Waals surface area contributed by atoms with Crippen LogP contribution in [0.25, 0.3) is 0 Å². The zero-order valence-electron chi connectivity index (χ0n) is 6.17. The van der Waals surface area contributed by atoms with Gasteiger partial charge in [0.2, 0.25) is 0 Å². The van der Waals surface area contributed by atoms with Crippen molar-refractivity contribution in [2.45, 2.75) is 5.75 Å². The number of hydrogen-bond acceptors (Lipinski definition) is 3.